The number of nitrogens with one attached hydrogen (secondary N) is 1. The van der Waals surface area contributed by atoms with Gasteiger partial charge in [-0.05, 0) is 84.7 Å². The Labute approximate surface area is 297 Å². The zero-order valence-corrected chi connectivity index (χ0v) is 30.1. The van der Waals surface area contributed by atoms with Gasteiger partial charge in [-0.3, -0.25) is 9.59 Å². The fourth-order valence-electron chi connectivity index (χ4n) is 7.90. The summed E-state index contributed by atoms with van der Waals surface area (Å²) in [6.45, 7) is 2.28. The Morgan fingerprint density at radius 3 is 2.45 bits per heavy atom. The van der Waals surface area contributed by atoms with Gasteiger partial charge in [0.15, 0.2) is 5.69 Å². The molecule has 0 atom stereocenters. The van der Waals surface area contributed by atoms with Crippen LogP contribution in [0.1, 0.15) is 100 Å². The van der Waals surface area contributed by atoms with E-state index in [2.05, 4.69) is 26.6 Å². The molecule has 2 aliphatic carbocycles. The van der Waals surface area contributed by atoms with Crippen molar-refractivity contribution in [3.8, 4) is 17.0 Å². The molecule has 2 amide bonds. The van der Waals surface area contributed by atoms with E-state index >= 15 is 0 Å². The summed E-state index contributed by atoms with van der Waals surface area (Å²) in [7, 11) is 0.403. The third kappa shape index (κ3) is 6.14. The predicted octanol–water partition coefficient (Wildman–Crippen LogP) is 5.79. The molecule has 4 heterocycles. The highest BCUT2D eigenvalue weighted by Gasteiger charge is 2.38. The maximum atomic E-state index is 14.1. The van der Waals surface area contributed by atoms with Crippen molar-refractivity contribution in [3.05, 3.63) is 70.1 Å². The lowest BCUT2D eigenvalue weighted by Gasteiger charge is -2.26. The van der Waals surface area contributed by atoms with Gasteiger partial charge in [0.1, 0.15) is 11.5 Å². The van der Waals surface area contributed by atoms with Gasteiger partial charge >= 0.3 is 10.2 Å². The standard InChI is InChI=1S/C38H43N5O7S/c1-41(2)51(46,47)40-37(44)25-11-13-30-31(21-25)43-22-27(33-34(39-50-36(33)24-9-10-24)38(45)42-15-17-49-18-16-42)19-26-20-28(48-3)12-14-29(26)35(43)32(30)23-7-5-4-6-8-23/h11-14,19-21,23-24H,4-10,15-18,22H2,1-3H3,(H,40,44). The summed E-state index contributed by atoms with van der Waals surface area (Å²) in [6.07, 6.45) is 9.63. The van der Waals surface area contributed by atoms with Crippen LogP contribution in [-0.2, 0) is 21.5 Å². The van der Waals surface area contributed by atoms with Gasteiger partial charge < -0.3 is 23.5 Å². The van der Waals surface area contributed by atoms with E-state index in [9.17, 15) is 18.0 Å². The zero-order chi connectivity index (χ0) is 35.4. The highest BCUT2D eigenvalue weighted by molar-refractivity contribution is 7.87. The average molecular weight is 714 g/mol. The fraction of sp³-hybridized carbons (Fsp3) is 0.447. The monoisotopic (exact) mass is 713 g/mol. The molecule has 2 aliphatic heterocycles. The summed E-state index contributed by atoms with van der Waals surface area (Å²) in [5.41, 5.74) is 7.22. The Balaban J connectivity index is 1.35. The lowest BCUT2D eigenvalue weighted by molar-refractivity contribution is 0.0296. The smallest absolute Gasteiger partial charge is 0.303 e. The first-order valence-corrected chi connectivity index (χ1v) is 19.2. The van der Waals surface area contributed by atoms with Crippen LogP contribution in [0.5, 0.6) is 5.75 Å². The van der Waals surface area contributed by atoms with Gasteiger partial charge in [0.05, 0.1) is 31.6 Å². The molecule has 2 aromatic heterocycles. The van der Waals surface area contributed by atoms with Crippen LogP contribution in [0.4, 0.5) is 0 Å². The highest BCUT2D eigenvalue weighted by atomic mass is 32.2. The molecule has 0 radical (unpaired) electrons. The number of hydrogen-bond acceptors (Lipinski definition) is 8. The van der Waals surface area contributed by atoms with Gasteiger partial charge in [-0.25, -0.2) is 4.72 Å². The molecule has 13 heteroatoms. The number of amides is 2. The summed E-state index contributed by atoms with van der Waals surface area (Å²) in [6, 6.07) is 11.6. The number of morpholine rings is 1. The Morgan fingerprint density at radius 2 is 1.75 bits per heavy atom. The summed E-state index contributed by atoms with van der Waals surface area (Å²) in [5.74, 6) is 1.04. The van der Waals surface area contributed by atoms with E-state index in [1.54, 1.807) is 24.1 Å². The fourth-order valence-corrected chi connectivity index (χ4v) is 8.44. The maximum Gasteiger partial charge on any atom is 0.303 e. The molecule has 268 valence electrons. The minimum absolute atomic E-state index is 0.179. The first-order valence-electron chi connectivity index (χ1n) is 17.8. The van der Waals surface area contributed by atoms with Crippen LogP contribution in [0.15, 0.2) is 40.9 Å². The van der Waals surface area contributed by atoms with Crippen molar-refractivity contribution in [2.75, 3.05) is 47.5 Å². The van der Waals surface area contributed by atoms with Gasteiger partial charge in [0.25, 0.3) is 11.8 Å². The third-order valence-corrected chi connectivity index (χ3v) is 12.1. The number of hydrogen-bond donors (Lipinski definition) is 1. The summed E-state index contributed by atoms with van der Waals surface area (Å²) in [4.78, 5) is 29.3. The van der Waals surface area contributed by atoms with E-state index in [-0.39, 0.29) is 17.4 Å². The Hall–Kier alpha value is -4.46. The third-order valence-electron chi connectivity index (χ3n) is 10.7. The van der Waals surface area contributed by atoms with Crippen molar-refractivity contribution in [3.63, 3.8) is 0 Å². The molecular formula is C38H43N5O7S. The number of ether oxygens (including phenoxy) is 2. The lowest BCUT2D eigenvalue weighted by Crippen LogP contribution is -2.41. The van der Waals surface area contributed by atoms with Crippen LogP contribution in [-0.4, -0.2) is 86.7 Å². The van der Waals surface area contributed by atoms with Gasteiger partial charge in [-0.2, -0.15) is 12.7 Å². The van der Waals surface area contributed by atoms with E-state index in [0.717, 1.165) is 87.5 Å². The number of carbonyl (C=O) groups excluding carboxylic acids is 2. The van der Waals surface area contributed by atoms with E-state index in [0.29, 0.717) is 50.2 Å². The lowest BCUT2D eigenvalue weighted by atomic mass is 9.81. The molecule has 51 heavy (non-hydrogen) atoms. The Morgan fingerprint density at radius 1 is 0.980 bits per heavy atom. The molecule has 0 bridgehead atoms. The Bertz CT molecular complexity index is 2170. The summed E-state index contributed by atoms with van der Waals surface area (Å²) < 4.78 is 48.0. The van der Waals surface area contributed by atoms with Crippen LogP contribution >= 0.6 is 0 Å². The van der Waals surface area contributed by atoms with E-state index in [1.165, 1.54) is 26.1 Å². The quantitative estimate of drug-likeness (QED) is 0.242. The van der Waals surface area contributed by atoms with Crippen molar-refractivity contribution in [1.29, 1.82) is 0 Å². The SMILES string of the molecule is COc1ccc2c(c1)C=C(c1c(C(=O)N3CCOCC3)noc1C1CC1)Cn1c-2c(C2CCCCC2)c2ccc(C(=O)NS(=O)(=O)N(C)C)cc21. The molecule has 2 saturated carbocycles. The average Bonchev–Trinajstić information content (AvgIpc) is 3.85. The molecule has 0 spiro atoms. The Kier molecular flexibility index (Phi) is 8.75. The van der Waals surface area contributed by atoms with Gasteiger partial charge in [0.2, 0.25) is 0 Å². The molecule has 1 N–H and O–H groups in total. The first-order chi connectivity index (χ1) is 24.6. The molecule has 8 rings (SSSR count). The van der Waals surface area contributed by atoms with Crippen LogP contribution in [0.3, 0.4) is 0 Å². The molecule has 12 nitrogen and oxygen atoms in total. The van der Waals surface area contributed by atoms with E-state index in [4.69, 9.17) is 14.0 Å². The highest BCUT2D eigenvalue weighted by Crippen LogP contribution is 2.50. The first kappa shape index (κ1) is 33.7. The van der Waals surface area contributed by atoms with Gasteiger partial charge in [0, 0.05) is 61.7 Å². The molecule has 0 unspecified atom stereocenters. The number of benzene rings is 2. The maximum absolute atomic E-state index is 14.1. The van der Waals surface area contributed by atoms with Crippen molar-refractivity contribution < 1.29 is 32.0 Å². The van der Waals surface area contributed by atoms with Crippen LogP contribution in [0.25, 0.3) is 33.8 Å². The second kappa shape index (κ2) is 13.3. The number of allylic oxidation sites excluding steroid dienone is 1. The van der Waals surface area contributed by atoms with Crippen LogP contribution in [0, 0.1) is 0 Å². The number of carbonyl (C=O) groups is 2. The van der Waals surface area contributed by atoms with Crippen LogP contribution in [0.2, 0.25) is 0 Å². The second-order valence-corrected chi connectivity index (χ2v) is 16.1. The van der Waals surface area contributed by atoms with Gasteiger partial charge in [-0.1, -0.05) is 30.5 Å². The van der Waals surface area contributed by atoms with Crippen molar-refractivity contribution >= 4 is 44.6 Å². The minimum atomic E-state index is -4.00. The number of aromatic nitrogens is 2. The number of rotatable bonds is 8. The van der Waals surface area contributed by atoms with Crippen molar-refractivity contribution in [2.24, 2.45) is 0 Å². The topological polar surface area (TPSA) is 136 Å². The normalized spacial score (nSPS) is 18.3. The molecule has 4 aliphatic rings. The van der Waals surface area contributed by atoms with Gasteiger partial charge in [-0.15, -0.1) is 0 Å². The molecule has 3 fully saturated rings. The van der Waals surface area contributed by atoms with E-state index < -0.39 is 16.1 Å². The van der Waals surface area contributed by atoms with E-state index in [1.807, 2.05) is 18.2 Å². The summed E-state index contributed by atoms with van der Waals surface area (Å²) in [5, 5.41) is 5.47. The summed E-state index contributed by atoms with van der Waals surface area (Å²) >= 11 is 0. The number of nitrogens with zero attached hydrogens (tertiary/aromatic N) is 4. The molecule has 2 aromatic carbocycles. The largest absolute Gasteiger partial charge is 0.497 e. The molecule has 1 saturated heterocycles. The number of fused-ring (bicyclic) bond motifs is 5. The predicted molar refractivity (Wildman–Crippen MR) is 193 cm³/mol. The van der Waals surface area contributed by atoms with Crippen LogP contribution < -0.4 is 9.46 Å². The number of methoxy groups -OCH3 is 1. The second-order valence-electron chi connectivity index (χ2n) is 14.2. The molecular weight excluding hydrogens is 671 g/mol. The van der Waals surface area contributed by atoms with Crippen molar-refractivity contribution in [2.45, 2.75) is 63.3 Å². The van der Waals surface area contributed by atoms with Crippen molar-refractivity contribution in [1.82, 2.24) is 23.7 Å². The zero-order valence-electron chi connectivity index (χ0n) is 29.2. The molecule has 4 aromatic rings. The minimum Gasteiger partial charge on any atom is -0.497 e.